The van der Waals surface area contributed by atoms with Gasteiger partial charge in [-0.2, -0.15) is 0 Å². The van der Waals surface area contributed by atoms with E-state index in [1.54, 1.807) is 0 Å². The van der Waals surface area contributed by atoms with Gasteiger partial charge in [-0.15, -0.1) is 0 Å². The lowest BCUT2D eigenvalue weighted by Gasteiger charge is -2.41. The van der Waals surface area contributed by atoms with Crippen molar-refractivity contribution in [3.05, 3.63) is 0 Å². The smallest absolute Gasteiger partial charge is 0.0574 e. The van der Waals surface area contributed by atoms with E-state index in [4.69, 9.17) is 4.74 Å². The number of hydrogen-bond acceptors (Lipinski definition) is 2. The van der Waals surface area contributed by atoms with E-state index < -0.39 is 0 Å². The highest BCUT2D eigenvalue weighted by Crippen LogP contribution is 2.41. The molecule has 0 amide bonds. The second-order valence-corrected chi connectivity index (χ2v) is 4.99. The van der Waals surface area contributed by atoms with Gasteiger partial charge in [0.25, 0.3) is 0 Å². The molecule has 14 heavy (non-hydrogen) atoms. The molecule has 4 unspecified atom stereocenters. The van der Waals surface area contributed by atoms with Crippen LogP contribution in [0.5, 0.6) is 0 Å². The van der Waals surface area contributed by atoms with E-state index in [0.717, 1.165) is 17.9 Å². The summed E-state index contributed by atoms with van der Waals surface area (Å²) in [5.41, 5.74) is 0. The molecule has 82 valence electrons. The van der Waals surface area contributed by atoms with E-state index in [0.29, 0.717) is 6.10 Å². The molecule has 2 aliphatic rings. The highest BCUT2D eigenvalue weighted by molar-refractivity contribution is 4.88. The monoisotopic (exact) mass is 197 g/mol. The van der Waals surface area contributed by atoms with Crippen LogP contribution in [-0.4, -0.2) is 26.3 Å². The lowest BCUT2D eigenvalue weighted by molar-refractivity contribution is 0.0109. The molecule has 0 aromatic rings. The largest absolute Gasteiger partial charge is 0.381 e. The van der Waals surface area contributed by atoms with Crippen LogP contribution < -0.4 is 5.32 Å². The maximum absolute atomic E-state index is 5.48. The van der Waals surface area contributed by atoms with Gasteiger partial charge >= 0.3 is 0 Å². The van der Waals surface area contributed by atoms with Crippen molar-refractivity contribution in [1.29, 1.82) is 0 Å². The van der Waals surface area contributed by atoms with Gasteiger partial charge in [0.1, 0.15) is 0 Å². The minimum atomic E-state index is 0.558. The molecule has 2 nitrogen and oxygen atoms in total. The summed E-state index contributed by atoms with van der Waals surface area (Å²) in [7, 11) is 3.97. The topological polar surface area (TPSA) is 21.3 Å². The fourth-order valence-electron chi connectivity index (χ4n) is 3.32. The SMILES string of the molecule is CNC1CCC2CC(OC)CCC2C1. The third-order valence-corrected chi connectivity index (χ3v) is 4.31. The highest BCUT2D eigenvalue weighted by Gasteiger charge is 2.34. The Morgan fingerprint density at radius 2 is 1.71 bits per heavy atom. The number of methoxy groups -OCH3 is 1. The molecule has 0 aromatic carbocycles. The summed E-state index contributed by atoms with van der Waals surface area (Å²) in [5.74, 6) is 1.94. The normalized spacial score (nSPS) is 43.3. The zero-order chi connectivity index (χ0) is 9.97. The van der Waals surface area contributed by atoms with Gasteiger partial charge in [-0.3, -0.25) is 0 Å². The van der Waals surface area contributed by atoms with E-state index in [1.807, 2.05) is 7.11 Å². The molecule has 1 N–H and O–H groups in total. The zero-order valence-electron chi connectivity index (χ0n) is 9.46. The summed E-state index contributed by atoms with van der Waals surface area (Å²) in [5, 5.41) is 3.43. The van der Waals surface area contributed by atoms with Gasteiger partial charge < -0.3 is 10.1 Å². The van der Waals surface area contributed by atoms with Crippen molar-refractivity contribution in [2.45, 2.75) is 50.7 Å². The van der Waals surface area contributed by atoms with E-state index >= 15 is 0 Å². The summed E-state index contributed by atoms with van der Waals surface area (Å²) in [6.45, 7) is 0. The van der Waals surface area contributed by atoms with Crippen LogP contribution in [0, 0.1) is 11.8 Å². The van der Waals surface area contributed by atoms with Gasteiger partial charge in [-0.1, -0.05) is 0 Å². The molecule has 4 atom stereocenters. The first-order chi connectivity index (χ1) is 6.83. The molecule has 2 heteroatoms. The van der Waals surface area contributed by atoms with Crippen molar-refractivity contribution >= 4 is 0 Å². The van der Waals surface area contributed by atoms with Gasteiger partial charge in [-0.05, 0) is 57.4 Å². The molecule has 0 heterocycles. The Kier molecular flexibility index (Phi) is 3.45. The summed E-state index contributed by atoms with van der Waals surface area (Å²) in [4.78, 5) is 0. The van der Waals surface area contributed by atoms with E-state index in [2.05, 4.69) is 12.4 Å². The maximum Gasteiger partial charge on any atom is 0.0574 e. The second kappa shape index (κ2) is 4.63. The minimum absolute atomic E-state index is 0.558. The molecule has 2 rings (SSSR count). The van der Waals surface area contributed by atoms with Gasteiger partial charge in [0, 0.05) is 13.2 Å². The standard InChI is InChI=1S/C12H23NO/c1-13-11-5-3-10-8-12(14-2)6-4-9(10)7-11/h9-13H,3-8H2,1-2H3. The Balaban J connectivity index is 1.88. The second-order valence-electron chi connectivity index (χ2n) is 4.99. The van der Waals surface area contributed by atoms with Crippen LogP contribution in [0.1, 0.15) is 38.5 Å². The molecule has 2 aliphatic carbocycles. The van der Waals surface area contributed by atoms with E-state index in [1.165, 1.54) is 38.5 Å². The average Bonchev–Trinajstić information content (AvgIpc) is 2.27. The summed E-state index contributed by atoms with van der Waals surface area (Å²) in [6, 6.07) is 0.787. The van der Waals surface area contributed by atoms with Crippen LogP contribution in [0.3, 0.4) is 0 Å². The van der Waals surface area contributed by atoms with Crippen LogP contribution in [0.25, 0.3) is 0 Å². The van der Waals surface area contributed by atoms with Crippen molar-refractivity contribution in [3.63, 3.8) is 0 Å². The first-order valence-corrected chi connectivity index (χ1v) is 6.03. The van der Waals surface area contributed by atoms with Crippen LogP contribution in [0.2, 0.25) is 0 Å². The van der Waals surface area contributed by atoms with Crippen molar-refractivity contribution in [1.82, 2.24) is 5.32 Å². The van der Waals surface area contributed by atoms with E-state index in [9.17, 15) is 0 Å². The molecular formula is C12H23NO. The van der Waals surface area contributed by atoms with Gasteiger partial charge in [-0.25, -0.2) is 0 Å². The first kappa shape index (κ1) is 10.4. The zero-order valence-corrected chi connectivity index (χ0v) is 9.46. The van der Waals surface area contributed by atoms with Crippen molar-refractivity contribution in [2.24, 2.45) is 11.8 Å². The molecular weight excluding hydrogens is 174 g/mol. The molecule has 0 aliphatic heterocycles. The fourth-order valence-corrected chi connectivity index (χ4v) is 3.32. The third-order valence-electron chi connectivity index (χ3n) is 4.31. The fraction of sp³-hybridized carbons (Fsp3) is 1.00. The van der Waals surface area contributed by atoms with Crippen LogP contribution in [0.15, 0.2) is 0 Å². The highest BCUT2D eigenvalue weighted by atomic mass is 16.5. The molecule has 0 bridgehead atoms. The average molecular weight is 197 g/mol. The Bertz CT molecular complexity index is 163. The van der Waals surface area contributed by atoms with Crippen molar-refractivity contribution in [2.75, 3.05) is 14.2 Å². The summed E-state index contributed by atoms with van der Waals surface area (Å²) >= 11 is 0. The third kappa shape index (κ3) is 2.12. The maximum atomic E-state index is 5.48. The molecule has 2 fully saturated rings. The Hall–Kier alpha value is -0.0800. The van der Waals surface area contributed by atoms with Crippen LogP contribution in [-0.2, 0) is 4.74 Å². The lowest BCUT2D eigenvalue weighted by atomic mass is 9.68. The van der Waals surface area contributed by atoms with Crippen LogP contribution >= 0.6 is 0 Å². The summed E-state index contributed by atoms with van der Waals surface area (Å²) < 4.78 is 5.48. The molecule has 0 aromatic heterocycles. The number of nitrogens with one attached hydrogen (secondary N) is 1. The minimum Gasteiger partial charge on any atom is -0.381 e. The summed E-state index contributed by atoms with van der Waals surface area (Å²) in [6.07, 6.45) is 8.73. The Morgan fingerprint density at radius 3 is 2.43 bits per heavy atom. The Morgan fingerprint density at radius 1 is 1.00 bits per heavy atom. The number of ether oxygens (including phenoxy) is 1. The predicted octanol–water partition coefficient (Wildman–Crippen LogP) is 2.19. The van der Waals surface area contributed by atoms with Gasteiger partial charge in [0.05, 0.1) is 6.10 Å². The quantitative estimate of drug-likeness (QED) is 0.732. The van der Waals surface area contributed by atoms with Crippen molar-refractivity contribution < 1.29 is 4.74 Å². The number of fused-ring (bicyclic) bond motifs is 1. The van der Waals surface area contributed by atoms with Crippen molar-refractivity contribution in [3.8, 4) is 0 Å². The molecule has 0 saturated heterocycles. The molecule has 0 spiro atoms. The lowest BCUT2D eigenvalue weighted by Crippen LogP contribution is -2.39. The molecule has 2 saturated carbocycles. The van der Waals surface area contributed by atoms with Gasteiger partial charge in [0.2, 0.25) is 0 Å². The van der Waals surface area contributed by atoms with Crippen LogP contribution in [0.4, 0.5) is 0 Å². The molecule has 0 radical (unpaired) electrons. The van der Waals surface area contributed by atoms with Gasteiger partial charge in [0.15, 0.2) is 0 Å². The number of hydrogen-bond donors (Lipinski definition) is 1. The first-order valence-electron chi connectivity index (χ1n) is 6.03. The van der Waals surface area contributed by atoms with E-state index in [-0.39, 0.29) is 0 Å². The predicted molar refractivity (Wildman–Crippen MR) is 58.3 cm³/mol. The number of rotatable bonds is 2. The Labute approximate surface area is 87.4 Å².